The van der Waals surface area contributed by atoms with Crippen molar-refractivity contribution >= 4 is 39.7 Å². The van der Waals surface area contributed by atoms with Gasteiger partial charge >= 0.3 is 0 Å². The molecule has 1 aliphatic rings. The van der Waals surface area contributed by atoms with Crippen molar-refractivity contribution in [1.82, 2.24) is 10.3 Å². The second-order valence-corrected chi connectivity index (χ2v) is 8.57. The Balaban J connectivity index is 1.33. The van der Waals surface area contributed by atoms with Crippen LogP contribution in [0.15, 0.2) is 46.2 Å². The van der Waals surface area contributed by atoms with E-state index in [-0.39, 0.29) is 28.3 Å². The summed E-state index contributed by atoms with van der Waals surface area (Å²) in [5.74, 6) is 0.738. The van der Waals surface area contributed by atoms with Gasteiger partial charge in [0.2, 0.25) is 11.8 Å². The molecular weight excluding hydrogens is 446 g/mol. The Bertz CT molecular complexity index is 1170. The maximum Gasteiger partial charge on any atom is 0.292 e. The van der Waals surface area contributed by atoms with E-state index >= 15 is 0 Å². The molecule has 1 fully saturated rings. The number of nitro benzene ring substituents is 1. The molecular formula is C22H23N5O5S. The molecule has 0 spiro atoms. The molecule has 0 aliphatic carbocycles. The summed E-state index contributed by atoms with van der Waals surface area (Å²) < 4.78 is 5.70. The summed E-state index contributed by atoms with van der Waals surface area (Å²) in [5, 5.41) is 19.1. The van der Waals surface area contributed by atoms with Gasteiger partial charge in [-0.3, -0.25) is 19.7 Å². The van der Waals surface area contributed by atoms with Crippen LogP contribution in [0.1, 0.15) is 25.5 Å². The third-order valence-corrected chi connectivity index (χ3v) is 6.20. The summed E-state index contributed by atoms with van der Waals surface area (Å²) in [6.07, 6.45) is 1.20. The summed E-state index contributed by atoms with van der Waals surface area (Å²) in [6, 6.07) is 10.2. The molecule has 2 amide bonds. The fraction of sp³-hybridized carbons (Fsp3) is 0.318. The first-order chi connectivity index (χ1) is 15.9. The van der Waals surface area contributed by atoms with E-state index in [2.05, 4.69) is 15.6 Å². The Kier molecular flexibility index (Phi) is 6.68. The minimum Gasteiger partial charge on any atom is -0.458 e. The minimum absolute atomic E-state index is 0.0777. The molecule has 0 radical (unpaired) electrons. The second-order valence-electron chi connectivity index (χ2n) is 7.71. The molecule has 172 valence electrons. The summed E-state index contributed by atoms with van der Waals surface area (Å²) in [4.78, 5) is 41.1. The number of carbonyl (C=O) groups is 2. The second kappa shape index (κ2) is 9.82. The monoisotopic (exact) mass is 469 g/mol. The molecule has 1 saturated heterocycles. The third-order valence-electron chi connectivity index (χ3n) is 5.44. The highest BCUT2D eigenvalue weighted by atomic mass is 32.1. The van der Waals surface area contributed by atoms with Crippen molar-refractivity contribution in [3.63, 3.8) is 0 Å². The lowest BCUT2D eigenvalue weighted by Gasteiger charge is -2.32. The average Bonchev–Trinajstić information content (AvgIpc) is 3.47. The van der Waals surface area contributed by atoms with E-state index in [1.165, 1.54) is 24.3 Å². The van der Waals surface area contributed by atoms with Crippen LogP contribution in [0.25, 0.3) is 11.5 Å². The summed E-state index contributed by atoms with van der Waals surface area (Å²) in [7, 11) is 0. The molecule has 2 N–H and O–H groups in total. The van der Waals surface area contributed by atoms with Gasteiger partial charge in [-0.25, -0.2) is 4.98 Å². The number of para-hydroxylation sites is 2. The Morgan fingerprint density at radius 2 is 2.00 bits per heavy atom. The number of thiazole rings is 1. The molecule has 3 aromatic rings. The molecule has 33 heavy (non-hydrogen) atoms. The van der Waals surface area contributed by atoms with Gasteiger partial charge in [-0.2, -0.15) is 0 Å². The molecule has 0 saturated carbocycles. The molecule has 3 heterocycles. The van der Waals surface area contributed by atoms with Crippen molar-refractivity contribution in [2.75, 3.05) is 23.3 Å². The normalized spacial score (nSPS) is 14.2. The van der Waals surface area contributed by atoms with Crippen molar-refractivity contribution < 1.29 is 18.9 Å². The molecule has 1 aliphatic heterocycles. The molecule has 4 rings (SSSR count). The van der Waals surface area contributed by atoms with Gasteiger partial charge in [0, 0.05) is 37.4 Å². The zero-order valence-corrected chi connectivity index (χ0v) is 18.8. The number of nitrogens with zero attached hydrogens (tertiary/aromatic N) is 3. The predicted molar refractivity (Wildman–Crippen MR) is 124 cm³/mol. The molecule has 11 heteroatoms. The standard InChI is InChI=1S/C22H23N5O5S/c1-14(28)23-12-16-6-7-20(32-16)17-13-33-22(24-17)25-21(29)15-8-10-26(11-9-15)18-4-2-3-5-19(18)27(30)31/h2-7,13,15H,8-12H2,1H3,(H,23,28)(H,24,25,29). The molecule has 1 aromatic carbocycles. The fourth-order valence-corrected chi connectivity index (χ4v) is 4.45. The van der Waals surface area contributed by atoms with Crippen LogP contribution in [0.5, 0.6) is 0 Å². The van der Waals surface area contributed by atoms with Crippen molar-refractivity contribution in [3.05, 3.63) is 57.7 Å². The first-order valence-corrected chi connectivity index (χ1v) is 11.4. The summed E-state index contributed by atoms with van der Waals surface area (Å²) in [5.41, 5.74) is 1.27. The number of hydrogen-bond donors (Lipinski definition) is 2. The number of amides is 2. The largest absolute Gasteiger partial charge is 0.458 e. The fourth-order valence-electron chi connectivity index (χ4n) is 3.74. The number of anilines is 2. The number of piperidine rings is 1. The summed E-state index contributed by atoms with van der Waals surface area (Å²) >= 11 is 1.31. The number of nitro groups is 1. The maximum atomic E-state index is 12.7. The Morgan fingerprint density at radius 1 is 1.24 bits per heavy atom. The van der Waals surface area contributed by atoms with Gasteiger partial charge in [0.15, 0.2) is 10.9 Å². The van der Waals surface area contributed by atoms with Crippen molar-refractivity contribution in [1.29, 1.82) is 0 Å². The lowest BCUT2D eigenvalue weighted by atomic mass is 9.95. The lowest BCUT2D eigenvalue weighted by molar-refractivity contribution is -0.384. The lowest BCUT2D eigenvalue weighted by Crippen LogP contribution is -2.38. The van der Waals surface area contributed by atoms with Gasteiger partial charge in [-0.15, -0.1) is 11.3 Å². The smallest absolute Gasteiger partial charge is 0.292 e. The molecule has 2 aromatic heterocycles. The van der Waals surface area contributed by atoms with Crippen LogP contribution in [0.2, 0.25) is 0 Å². The van der Waals surface area contributed by atoms with Gasteiger partial charge < -0.3 is 20.0 Å². The van der Waals surface area contributed by atoms with E-state index in [4.69, 9.17) is 4.42 Å². The number of rotatable bonds is 7. The minimum atomic E-state index is -0.379. The van der Waals surface area contributed by atoms with Crippen LogP contribution in [-0.2, 0) is 16.1 Å². The van der Waals surface area contributed by atoms with Gasteiger partial charge in [0.25, 0.3) is 5.69 Å². The van der Waals surface area contributed by atoms with E-state index in [1.807, 2.05) is 4.90 Å². The van der Waals surface area contributed by atoms with Crippen LogP contribution in [0.3, 0.4) is 0 Å². The van der Waals surface area contributed by atoms with Crippen LogP contribution in [-0.4, -0.2) is 34.8 Å². The van der Waals surface area contributed by atoms with Crippen molar-refractivity contribution in [2.45, 2.75) is 26.3 Å². The Morgan fingerprint density at radius 3 is 2.73 bits per heavy atom. The number of carbonyl (C=O) groups excluding carboxylic acids is 2. The van der Waals surface area contributed by atoms with Gasteiger partial charge in [-0.05, 0) is 31.0 Å². The van der Waals surface area contributed by atoms with E-state index in [0.29, 0.717) is 60.5 Å². The maximum absolute atomic E-state index is 12.7. The first kappa shape index (κ1) is 22.5. The van der Waals surface area contributed by atoms with Crippen LogP contribution < -0.4 is 15.5 Å². The third kappa shape index (κ3) is 5.37. The SMILES string of the molecule is CC(=O)NCc1ccc(-c2csc(NC(=O)C3CCN(c4ccccc4[N+](=O)[O-])CC3)n2)o1. The molecule has 10 nitrogen and oxygen atoms in total. The van der Waals surface area contributed by atoms with E-state index < -0.39 is 0 Å². The number of aromatic nitrogens is 1. The zero-order valence-electron chi connectivity index (χ0n) is 17.9. The van der Waals surface area contributed by atoms with E-state index in [0.717, 1.165) is 0 Å². The molecule has 0 atom stereocenters. The first-order valence-electron chi connectivity index (χ1n) is 10.5. The topological polar surface area (TPSA) is 131 Å². The molecule has 0 unspecified atom stereocenters. The number of furan rings is 1. The van der Waals surface area contributed by atoms with E-state index in [1.54, 1.807) is 35.7 Å². The van der Waals surface area contributed by atoms with Crippen LogP contribution >= 0.6 is 11.3 Å². The van der Waals surface area contributed by atoms with Crippen molar-refractivity contribution in [2.24, 2.45) is 5.92 Å². The number of hydrogen-bond acceptors (Lipinski definition) is 8. The quantitative estimate of drug-likeness (QED) is 0.397. The number of benzene rings is 1. The van der Waals surface area contributed by atoms with Gasteiger partial charge in [0.05, 0.1) is 11.5 Å². The predicted octanol–water partition coefficient (Wildman–Crippen LogP) is 3.80. The van der Waals surface area contributed by atoms with Crippen molar-refractivity contribution in [3.8, 4) is 11.5 Å². The van der Waals surface area contributed by atoms with E-state index in [9.17, 15) is 19.7 Å². The summed E-state index contributed by atoms with van der Waals surface area (Å²) in [6.45, 7) is 2.87. The Labute approximate surface area is 193 Å². The van der Waals surface area contributed by atoms with Gasteiger partial charge in [0.1, 0.15) is 17.1 Å². The average molecular weight is 470 g/mol. The highest BCUT2D eigenvalue weighted by Crippen LogP contribution is 2.32. The highest BCUT2D eigenvalue weighted by molar-refractivity contribution is 7.14. The van der Waals surface area contributed by atoms with Crippen LogP contribution in [0.4, 0.5) is 16.5 Å². The zero-order chi connectivity index (χ0) is 23.4. The van der Waals surface area contributed by atoms with Crippen LogP contribution in [0, 0.1) is 16.0 Å². The number of nitrogens with one attached hydrogen (secondary N) is 2. The molecule has 0 bridgehead atoms. The van der Waals surface area contributed by atoms with Gasteiger partial charge in [-0.1, -0.05) is 12.1 Å². The highest BCUT2D eigenvalue weighted by Gasteiger charge is 2.28. The Hall–Kier alpha value is -3.73.